The molecule has 0 saturated carbocycles. The number of hydrogen-bond donors (Lipinski definition) is 1. The lowest BCUT2D eigenvalue weighted by Gasteiger charge is -2.19. The number of ether oxygens (including phenoxy) is 1. The van der Waals surface area contributed by atoms with Crippen LogP contribution in [-0.4, -0.2) is 23.9 Å². The molecule has 2 rings (SSSR count). The Hall–Kier alpha value is -0.800. The lowest BCUT2D eigenvalue weighted by molar-refractivity contribution is -0.0296. The van der Waals surface area contributed by atoms with Crippen molar-refractivity contribution in [2.75, 3.05) is 6.61 Å². The van der Waals surface area contributed by atoms with Crippen LogP contribution in [0.3, 0.4) is 0 Å². The first-order valence-corrected chi connectivity index (χ1v) is 5.68. The molecule has 1 aliphatic heterocycles. The van der Waals surface area contributed by atoms with Gasteiger partial charge < -0.3 is 14.3 Å². The lowest BCUT2D eigenvalue weighted by Crippen LogP contribution is -2.27. The van der Waals surface area contributed by atoms with Crippen molar-refractivity contribution in [3.63, 3.8) is 0 Å². The van der Waals surface area contributed by atoms with E-state index in [1.807, 2.05) is 12.1 Å². The van der Waals surface area contributed by atoms with Gasteiger partial charge >= 0.3 is 0 Å². The van der Waals surface area contributed by atoms with Gasteiger partial charge in [0.05, 0.1) is 18.5 Å². The number of hydrogen-bond acceptors (Lipinski definition) is 3. The Morgan fingerprint density at radius 3 is 3.13 bits per heavy atom. The molecule has 84 valence electrons. The summed E-state index contributed by atoms with van der Waals surface area (Å²) in [6.07, 6.45) is 6.04. The van der Waals surface area contributed by atoms with Gasteiger partial charge in [-0.25, -0.2) is 0 Å². The summed E-state index contributed by atoms with van der Waals surface area (Å²) in [5.41, 5.74) is 0. The van der Waals surface area contributed by atoms with Gasteiger partial charge in [0.1, 0.15) is 5.76 Å². The van der Waals surface area contributed by atoms with Gasteiger partial charge in [0.25, 0.3) is 0 Å². The van der Waals surface area contributed by atoms with Crippen LogP contribution in [-0.2, 0) is 11.2 Å². The Bertz CT molecular complexity index is 268. The van der Waals surface area contributed by atoms with E-state index in [0.717, 1.165) is 44.5 Å². The standard InChI is InChI=1S/C12H18O3/c13-11-5-1-2-8-15-12(11)7-6-10-4-3-9-14-10/h3-4,9,11-13H,1-2,5-8H2/t11-,12-/m0/s1. The summed E-state index contributed by atoms with van der Waals surface area (Å²) >= 11 is 0. The molecule has 0 amide bonds. The second kappa shape index (κ2) is 5.33. The minimum Gasteiger partial charge on any atom is -0.469 e. The average Bonchev–Trinajstić information content (AvgIpc) is 2.67. The molecule has 15 heavy (non-hydrogen) atoms. The van der Waals surface area contributed by atoms with Gasteiger partial charge in [0.2, 0.25) is 0 Å². The number of furan rings is 1. The van der Waals surface area contributed by atoms with E-state index in [9.17, 15) is 5.11 Å². The number of rotatable bonds is 3. The van der Waals surface area contributed by atoms with E-state index in [0.29, 0.717) is 0 Å². The Morgan fingerprint density at radius 1 is 1.40 bits per heavy atom. The molecule has 3 nitrogen and oxygen atoms in total. The predicted molar refractivity (Wildman–Crippen MR) is 56.6 cm³/mol. The minimum atomic E-state index is -0.303. The van der Waals surface area contributed by atoms with Crippen molar-refractivity contribution in [3.05, 3.63) is 24.2 Å². The zero-order valence-corrected chi connectivity index (χ0v) is 8.89. The molecule has 1 aliphatic rings. The Labute approximate surface area is 90.0 Å². The van der Waals surface area contributed by atoms with Gasteiger partial charge in [0.15, 0.2) is 0 Å². The van der Waals surface area contributed by atoms with Crippen molar-refractivity contribution in [2.45, 2.75) is 44.3 Å². The predicted octanol–water partition coefficient (Wildman–Crippen LogP) is 2.14. The highest BCUT2D eigenvalue weighted by Gasteiger charge is 2.22. The zero-order valence-electron chi connectivity index (χ0n) is 8.89. The number of aliphatic hydroxyl groups excluding tert-OH is 1. The van der Waals surface area contributed by atoms with Crippen molar-refractivity contribution in [1.82, 2.24) is 0 Å². The van der Waals surface area contributed by atoms with E-state index < -0.39 is 0 Å². The number of aryl methyl sites for hydroxylation is 1. The summed E-state index contributed by atoms with van der Waals surface area (Å²) in [5, 5.41) is 9.82. The third-order valence-electron chi connectivity index (χ3n) is 2.91. The summed E-state index contributed by atoms with van der Waals surface area (Å²) in [7, 11) is 0. The van der Waals surface area contributed by atoms with Crippen molar-refractivity contribution >= 4 is 0 Å². The van der Waals surface area contributed by atoms with Crippen LogP contribution in [0, 0.1) is 0 Å². The van der Waals surface area contributed by atoms with Crippen LogP contribution in [0.25, 0.3) is 0 Å². The molecular formula is C12H18O3. The van der Waals surface area contributed by atoms with Gasteiger partial charge in [-0.15, -0.1) is 0 Å². The molecule has 1 aromatic rings. The summed E-state index contributed by atoms with van der Waals surface area (Å²) in [6.45, 7) is 0.778. The first kappa shape index (κ1) is 10.7. The fourth-order valence-electron chi connectivity index (χ4n) is 2.00. The van der Waals surface area contributed by atoms with Crippen molar-refractivity contribution in [3.8, 4) is 0 Å². The van der Waals surface area contributed by atoms with E-state index >= 15 is 0 Å². The van der Waals surface area contributed by atoms with Gasteiger partial charge in [-0.3, -0.25) is 0 Å². The highest BCUT2D eigenvalue weighted by molar-refractivity contribution is 4.98. The minimum absolute atomic E-state index is 0.0161. The molecule has 0 radical (unpaired) electrons. The SMILES string of the molecule is O[C@H]1CCCCO[C@H]1CCc1ccco1. The molecule has 0 spiro atoms. The van der Waals surface area contributed by atoms with Crippen LogP contribution >= 0.6 is 0 Å². The van der Waals surface area contributed by atoms with E-state index in [1.165, 1.54) is 0 Å². The summed E-state index contributed by atoms with van der Waals surface area (Å²) in [6, 6.07) is 3.85. The van der Waals surface area contributed by atoms with Crippen molar-refractivity contribution in [1.29, 1.82) is 0 Å². The molecule has 1 saturated heterocycles. The smallest absolute Gasteiger partial charge is 0.103 e. The third-order valence-corrected chi connectivity index (χ3v) is 2.91. The molecule has 0 bridgehead atoms. The zero-order chi connectivity index (χ0) is 10.5. The molecule has 3 heteroatoms. The van der Waals surface area contributed by atoms with E-state index in [1.54, 1.807) is 6.26 Å². The Kier molecular flexibility index (Phi) is 3.80. The Balaban J connectivity index is 1.81. The van der Waals surface area contributed by atoms with E-state index in [2.05, 4.69) is 0 Å². The van der Waals surface area contributed by atoms with Crippen LogP contribution in [0.4, 0.5) is 0 Å². The summed E-state index contributed by atoms with van der Waals surface area (Å²) in [4.78, 5) is 0. The topological polar surface area (TPSA) is 42.6 Å². The summed E-state index contributed by atoms with van der Waals surface area (Å²) < 4.78 is 10.9. The van der Waals surface area contributed by atoms with E-state index in [4.69, 9.17) is 9.15 Å². The molecule has 0 aromatic carbocycles. The first-order valence-electron chi connectivity index (χ1n) is 5.68. The normalized spacial score (nSPS) is 27.5. The Morgan fingerprint density at radius 2 is 2.33 bits per heavy atom. The quantitative estimate of drug-likeness (QED) is 0.831. The average molecular weight is 210 g/mol. The maximum absolute atomic E-state index is 9.82. The molecule has 1 aromatic heterocycles. The molecule has 2 atom stereocenters. The number of aliphatic hydroxyl groups is 1. The van der Waals surface area contributed by atoms with Gasteiger partial charge in [-0.2, -0.15) is 0 Å². The maximum atomic E-state index is 9.82. The fraction of sp³-hybridized carbons (Fsp3) is 0.667. The molecule has 2 heterocycles. The van der Waals surface area contributed by atoms with Crippen LogP contribution in [0.15, 0.2) is 22.8 Å². The van der Waals surface area contributed by atoms with Gasteiger partial charge in [-0.1, -0.05) is 0 Å². The van der Waals surface area contributed by atoms with Crippen LogP contribution in [0.2, 0.25) is 0 Å². The lowest BCUT2D eigenvalue weighted by atomic mass is 10.0. The fourth-order valence-corrected chi connectivity index (χ4v) is 2.00. The second-order valence-electron chi connectivity index (χ2n) is 4.09. The van der Waals surface area contributed by atoms with Gasteiger partial charge in [0, 0.05) is 13.0 Å². The molecule has 0 aliphatic carbocycles. The van der Waals surface area contributed by atoms with E-state index in [-0.39, 0.29) is 12.2 Å². The molecule has 1 fully saturated rings. The van der Waals surface area contributed by atoms with Crippen LogP contribution in [0.5, 0.6) is 0 Å². The molecule has 0 unspecified atom stereocenters. The van der Waals surface area contributed by atoms with Crippen molar-refractivity contribution < 1.29 is 14.3 Å². The van der Waals surface area contributed by atoms with Crippen molar-refractivity contribution in [2.24, 2.45) is 0 Å². The largest absolute Gasteiger partial charge is 0.469 e. The van der Waals surface area contributed by atoms with Crippen LogP contribution < -0.4 is 0 Å². The summed E-state index contributed by atoms with van der Waals surface area (Å²) in [5.74, 6) is 0.968. The first-order chi connectivity index (χ1) is 7.36. The maximum Gasteiger partial charge on any atom is 0.103 e. The van der Waals surface area contributed by atoms with Crippen LogP contribution in [0.1, 0.15) is 31.4 Å². The highest BCUT2D eigenvalue weighted by atomic mass is 16.5. The highest BCUT2D eigenvalue weighted by Crippen LogP contribution is 2.18. The van der Waals surface area contributed by atoms with Gasteiger partial charge in [-0.05, 0) is 37.8 Å². The third kappa shape index (κ3) is 3.08. The second-order valence-corrected chi connectivity index (χ2v) is 4.09. The molecule has 1 N–H and O–H groups in total. The molecular weight excluding hydrogens is 192 g/mol. The monoisotopic (exact) mass is 210 g/mol.